The molecule has 116 valence electrons. The third-order valence-electron chi connectivity index (χ3n) is 3.72. The fourth-order valence-corrected chi connectivity index (χ4v) is 2.64. The Balaban J connectivity index is 2.03. The SMILES string of the molecule is Cc1ccc(-n2nccn2)c(C(=O)N2C(CO)OC[C@H]2C)c1. The smallest absolute Gasteiger partial charge is 0.258 e. The molecule has 2 aromatic rings. The number of aliphatic hydroxyl groups excluding tert-OH is 1. The average molecular weight is 302 g/mol. The fourth-order valence-electron chi connectivity index (χ4n) is 2.64. The van der Waals surface area contributed by atoms with Crippen LogP contribution in [0.4, 0.5) is 0 Å². The summed E-state index contributed by atoms with van der Waals surface area (Å²) in [6, 6.07) is 5.44. The van der Waals surface area contributed by atoms with Gasteiger partial charge in [0.1, 0.15) is 0 Å². The van der Waals surface area contributed by atoms with Crippen molar-refractivity contribution >= 4 is 5.91 Å². The molecule has 1 aromatic heterocycles. The maximum atomic E-state index is 13.0. The van der Waals surface area contributed by atoms with Crippen LogP contribution in [-0.2, 0) is 4.74 Å². The molecular formula is C15H18N4O3. The maximum absolute atomic E-state index is 13.0. The number of aliphatic hydroxyl groups is 1. The first kappa shape index (κ1) is 14.7. The molecule has 2 atom stereocenters. The molecule has 0 radical (unpaired) electrons. The molecule has 2 heterocycles. The number of aryl methyl sites for hydroxylation is 1. The Hall–Kier alpha value is -2.25. The molecule has 0 saturated carbocycles. The Morgan fingerprint density at radius 2 is 2.14 bits per heavy atom. The van der Waals surface area contributed by atoms with E-state index in [9.17, 15) is 9.90 Å². The Morgan fingerprint density at radius 3 is 2.82 bits per heavy atom. The minimum atomic E-state index is -0.610. The summed E-state index contributed by atoms with van der Waals surface area (Å²) in [5.74, 6) is -0.194. The van der Waals surface area contributed by atoms with Crippen LogP contribution in [0.1, 0.15) is 22.8 Å². The molecule has 7 nitrogen and oxygen atoms in total. The van der Waals surface area contributed by atoms with Gasteiger partial charge in [-0.1, -0.05) is 11.6 Å². The van der Waals surface area contributed by atoms with E-state index in [0.29, 0.717) is 17.9 Å². The van der Waals surface area contributed by atoms with Gasteiger partial charge < -0.3 is 14.7 Å². The van der Waals surface area contributed by atoms with Gasteiger partial charge in [0.15, 0.2) is 6.23 Å². The van der Waals surface area contributed by atoms with Gasteiger partial charge >= 0.3 is 0 Å². The van der Waals surface area contributed by atoms with Gasteiger partial charge in [-0.15, -0.1) is 0 Å². The molecule has 1 aromatic carbocycles. The second-order valence-electron chi connectivity index (χ2n) is 5.37. The first-order valence-electron chi connectivity index (χ1n) is 7.14. The number of carbonyl (C=O) groups excluding carboxylic acids is 1. The number of carbonyl (C=O) groups is 1. The van der Waals surface area contributed by atoms with Crippen LogP contribution >= 0.6 is 0 Å². The Kier molecular flexibility index (Phi) is 3.91. The number of hydrogen-bond donors (Lipinski definition) is 1. The molecule has 7 heteroatoms. The van der Waals surface area contributed by atoms with E-state index in [0.717, 1.165) is 5.56 Å². The number of nitrogens with zero attached hydrogens (tertiary/aromatic N) is 4. The number of benzene rings is 1. The third kappa shape index (κ3) is 2.49. The van der Waals surface area contributed by atoms with Crippen molar-refractivity contribution in [2.75, 3.05) is 13.2 Å². The van der Waals surface area contributed by atoms with Crippen LogP contribution in [0.2, 0.25) is 0 Å². The molecule has 1 N–H and O–H groups in total. The molecule has 0 bridgehead atoms. The lowest BCUT2D eigenvalue weighted by molar-refractivity contribution is -0.00630. The zero-order chi connectivity index (χ0) is 15.7. The molecule has 3 rings (SSSR count). The second-order valence-corrected chi connectivity index (χ2v) is 5.37. The van der Waals surface area contributed by atoms with E-state index in [1.165, 1.54) is 4.80 Å². The van der Waals surface area contributed by atoms with Gasteiger partial charge in [-0.05, 0) is 26.0 Å². The molecule has 1 aliphatic heterocycles. The van der Waals surface area contributed by atoms with Crippen molar-refractivity contribution in [2.24, 2.45) is 0 Å². The predicted molar refractivity (Wildman–Crippen MR) is 78.6 cm³/mol. The van der Waals surface area contributed by atoms with Gasteiger partial charge in [-0.3, -0.25) is 4.79 Å². The summed E-state index contributed by atoms with van der Waals surface area (Å²) in [6.07, 6.45) is 2.51. The highest BCUT2D eigenvalue weighted by atomic mass is 16.5. The minimum Gasteiger partial charge on any atom is -0.392 e. The van der Waals surface area contributed by atoms with E-state index in [2.05, 4.69) is 10.2 Å². The summed E-state index contributed by atoms with van der Waals surface area (Å²) >= 11 is 0. The second kappa shape index (κ2) is 5.86. The Labute approximate surface area is 128 Å². The van der Waals surface area contributed by atoms with Crippen LogP contribution < -0.4 is 0 Å². The largest absolute Gasteiger partial charge is 0.392 e. The van der Waals surface area contributed by atoms with Crippen molar-refractivity contribution in [3.63, 3.8) is 0 Å². The average Bonchev–Trinajstić information content (AvgIpc) is 3.15. The monoisotopic (exact) mass is 302 g/mol. The van der Waals surface area contributed by atoms with Crippen molar-refractivity contribution < 1.29 is 14.6 Å². The number of aromatic nitrogens is 3. The van der Waals surface area contributed by atoms with Crippen molar-refractivity contribution in [1.29, 1.82) is 0 Å². The summed E-state index contributed by atoms with van der Waals surface area (Å²) in [5.41, 5.74) is 2.07. The summed E-state index contributed by atoms with van der Waals surface area (Å²) in [4.78, 5) is 16.0. The lowest BCUT2D eigenvalue weighted by atomic mass is 10.1. The van der Waals surface area contributed by atoms with E-state index in [-0.39, 0.29) is 18.6 Å². The van der Waals surface area contributed by atoms with Crippen molar-refractivity contribution in [3.05, 3.63) is 41.7 Å². The number of hydrogen-bond acceptors (Lipinski definition) is 5. The van der Waals surface area contributed by atoms with Gasteiger partial charge in [0.25, 0.3) is 5.91 Å². The van der Waals surface area contributed by atoms with Gasteiger partial charge in [0.2, 0.25) is 0 Å². The van der Waals surface area contributed by atoms with Crippen LogP contribution in [0.5, 0.6) is 0 Å². The van der Waals surface area contributed by atoms with Crippen molar-refractivity contribution in [3.8, 4) is 5.69 Å². The predicted octanol–water partition coefficient (Wildman–Crippen LogP) is 0.755. The third-order valence-corrected chi connectivity index (χ3v) is 3.72. The highest BCUT2D eigenvalue weighted by Gasteiger charge is 2.36. The highest BCUT2D eigenvalue weighted by molar-refractivity contribution is 5.98. The Morgan fingerprint density at radius 1 is 1.41 bits per heavy atom. The molecule has 0 aliphatic carbocycles. The van der Waals surface area contributed by atoms with Crippen molar-refractivity contribution in [2.45, 2.75) is 26.1 Å². The van der Waals surface area contributed by atoms with Crippen LogP contribution in [0.25, 0.3) is 5.69 Å². The van der Waals surface area contributed by atoms with Gasteiger partial charge in [-0.2, -0.15) is 15.0 Å². The van der Waals surface area contributed by atoms with E-state index in [1.54, 1.807) is 23.4 Å². The van der Waals surface area contributed by atoms with Crippen molar-refractivity contribution in [1.82, 2.24) is 19.9 Å². The van der Waals surface area contributed by atoms with Crippen LogP contribution in [0.3, 0.4) is 0 Å². The van der Waals surface area contributed by atoms with Crippen LogP contribution in [-0.4, -0.2) is 56.4 Å². The van der Waals surface area contributed by atoms with E-state index in [1.807, 2.05) is 26.0 Å². The van der Waals surface area contributed by atoms with Gasteiger partial charge in [0, 0.05) is 0 Å². The Bertz CT molecular complexity index is 671. The number of ether oxygens (including phenoxy) is 1. The quantitative estimate of drug-likeness (QED) is 0.905. The van der Waals surface area contributed by atoms with E-state index in [4.69, 9.17) is 4.74 Å². The first-order chi connectivity index (χ1) is 10.6. The van der Waals surface area contributed by atoms with Gasteiger partial charge in [0.05, 0.1) is 42.9 Å². The topological polar surface area (TPSA) is 80.5 Å². The van der Waals surface area contributed by atoms with Crippen LogP contribution in [0, 0.1) is 6.92 Å². The molecule has 1 unspecified atom stereocenters. The molecule has 1 aliphatic rings. The normalized spacial score (nSPS) is 21.3. The highest BCUT2D eigenvalue weighted by Crippen LogP contribution is 2.23. The molecule has 1 amide bonds. The van der Waals surface area contributed by atoms with Gasteiger partial charge in [-0.25, -0.2) is 0 Å². The number of amides is 1. The molecule has 0 spiro atoms. The molecule has 1 fully saturated rings. The minimum absolute atomic E-state index is 0.0939. The molecular weight excluding hydrogens is 284 g/mol. The van der Waals surface area contributed by atoms with Crippen LogP contribution in [0.15, 0.2) is 30.6 Å². The lowest BCUT2D eigenvalue weighted by Crippen LogP contribution is -2.42. The van der Waals surface area contributed by atoms with E-state index >= 15 is 0 Å². The zero-order valence-corrected chi connectivity index (χ0v) is 12.5. The number of rotatable bonds is 3. The summed E-state index contributed by atoms with van der Waals surface area (Å²) in [5, 5.41) is 17.6. The maximum Gasteiger partial charge on any atom is 0.258 e. The standard InChI is InChI=1S/C15H18N4O3/c1-10-3-4-13(19-16-5-6-17-19)12(7-10)15(21)18-11(2)9-22-14(18)8-20/h3-7,11,14,20H,8-9H2,1-2H3/t11-,14?/m1/s1. The summed E-state index contributed by atoms with van der Waals surface area (Å²) < 4.78 is 5.45. The van der Waals surface area contributed by atoms with E-state index < -0.39 is 6.23 Å². The summed E-state index contributed by atoms with van der Waals surface area (Å²) in [6.45, 7) is 4.01. The lowest BCUT2D eigenvalue weighted by Gasteiger charge is -2.26. The molecule has 1 saturated heterocycles. The fraction of sp³-hybridized carbons (Fsp3) is 0.400. The molecule has 22 heavy (non-hydrogen) atoms. The zero-order valence-electron chi connectivity index (χ0n) is 12.5. The summed E-state index contributed by atoms with van der Waals surface area (Å²) in [7, 11) is 0. The first-order valence-corrected chi connectivity index (χ1v) is 7.14.